The van der Waals surface area contributed by atoms with Gasteiger partial charge < -0.3 is 4.74 Å². The number of benzene rings is 5. The van der Waals surface area contributed by atoms with Crippen LogP contribution in [0.25, 0.3) is 60.1 Å². The van der Waals surface area contributed by atoms with E-state index in [1.54, 1.807) is 34.7 Å². The maximum Gasteiger partial charge on any atom is 0.264 e. The lowest BCUT2D eigenvalue weighted by molar-refractivity contribution is 0.485. The van der Waals surface area contributed by atoms with Crippen LogP contribution in [-0.4, -0.2) is 9.38 Å². The molecule has 0 saturated heterocycles. The molecule has 0 saturated carbocycles. The van der Waals surface area contributed by atoms with Gasteiger partial charge in [0.1, 0.15) is 17.5 Å². The number of hydrogen-bond acceptors (Lipinski definition) is 6. The molecule has 1 aliphatic rings. The minimum atomic E-state index is -0.312. The van der Waals surface area contributed by atoms with Gasteiger partial charge in [0.2, 0.25) is 0 Å². The Morgan fingerprint density at radius 2 is 1.58 bits per heavy atom. The van der Waals surface area contributed by atoms with Crippen molar-refractivity contribution in [2.45, 2.75) is 0 Å². The lowest BCUT2D eigenvalue weighted by Gasteiger charge is -2.25. The number of nitriles is 3. The zero-order chi connectivity index (χ0) is 25.7. The predicted octanol–water partition coefficient (Wildman–Crippen LogP) is 6.13. The number of hydrogen-bond donors (Lipinski definition) is 0. The molecule has 3 heterocycles. The summed E-state index contributed by atoms with van der Waals surface area (Å²) in [5, 5.41) is 33.7. The van der Waals surface area contributed by atoms with E-state index in [4.69, 9.17) is 9.72 Å². The van der Waals surface area contributed by atoms with Gasteiger partial charge in [0.25, 0.3) is 5.56 Å². The molecule has 0 radical (unpaired) electrons. The fourth-order valence-corrected chi connectivity index (χ4v) is 5.87. The van der Waals surface area contributed by atoms with Gasteiger partial charge >= 0.3 is 0 Å². The number of ether oxygens (including phenoxy) is 1. The molecule has 7 heteroatoms. The Morgan fingerprint density at radius 1 is 0.789 bits per heavy atom. The molecule has 0 N–H and O–H groups in total. The quantitative estimate of drug-likeness (QED) is 0.188. The zero-order valence-electron chi connectivity index (χ0n) is 19.4. The van der Waals surface area contributed by atoms with E-state index in [1.807, 2.05) is 36.4 Å². The summed E-state index contributed by atoms with van der Waals surface area (Å²) in [6.45, 7) is 0. The first-order chi connectivity index (χ1) is 18.6. The van der Waals surface area contributed by atoms with Gasteiger partial charge in [-0.1, -0.05) is 24.3 Å². The van der Waals surface area contributed by atoms with Crippen LogP contribution in [0.4, 0.5) is 0 Å². The van der Waals surface area contributed by atoms with Crippen molar-refractivity contribution in [3.8, 4) is 40.8 Å². The fourth-order valence-electron chi connectivity index (χ4n) is 5.87. The number of pyridine rings is 1. The Morgan fingerprint density at radius 3 is 2.37 bits per heavy atom. The summed E-state index contributed by atoms with van der Waals surface area (Å²) in [6.07, 6.45) is 0. The van der Waals surface area contributed by atoms with Gasteiger partial charge in [-0.25, -0.2) is 4.98 Å². The Labute approximate surface area is 213 Å². The number of rotatable bonds is 0. The maximum atomic E-state index is 14.2. The molecule has 2 aromatic heterocycles. The standard InChI is InChI=1S/C31H11N5O2/c32-12-15-7-8-24-19(9-15)25-17(13-33)10-21-27-20(11-18(14-34)29(38-24)28(25)27)30-35-22-5-1-3-16-4-2-6-23(26(16)22)36(30)31(21)37/h1-11H. The third-order valence-electron chi connectivity index (χ3n) is 7.40. The highest BCUT2D eigenvalue weighted by Crippen LogP contribution is 2.52. The van der Waals surface area contributed by atoms with Gasteiger partial charge in [0.05, 0.1) is 45.2 Å². The van der Waals surface area contributed by atoms with Crippen LogP contribution >= 0.6 is 0 Å². The van der Waals surface area contributed by atoms with E-state index in [2.05, 4.69) is 18.2 Å². The Hall–Kier alpha value is -5.97. The predicted molar refractivity (Wildman–Crippen MR) is 142 cm³/mol. The van der Waals surface area contributed by atoms with Crippen molar-refractivity contribution in [1.82, 2.24) is 9.38 Å². The van der Waals surface area contributed by atoms with Crippen molar-refractivity contribution in [1.29, 1.82) is 15.8 Å². The molecule has 0 bridgehead atoms. The van der Waals surface area contributed by atoms with Gasteiger partial charge in [0, 0.05) is 32.7 Å². The van der Waals surface area contributed by atoms with Crippen LogP contribution < -0.4 is 10.3 Å². The fraction of sp³-hybridized carbons (Fsp3) is 0. The van der Waals surface area contributed by atoms with Crippen LogP contribution in [0.2, 0.25) is 0 Å². The Bertz CT molecular complexity index is 2430. The summed E-state index contributed by atoms with van der Waals surface area (Å²) < 4.78 is 7.79. The first kappa shape index (κ1) is 20.2. The van der Waals surface area contributed by atoms with E-state index in [-0.39, 0.29) is 22.4 Å². The molecule has 7 aromatic rings. The van der Waals surface area contributed by atoms with Gasteiger partial charge in [-0.3, -0.25) is 9.20 Å². The van der Waals surface area contributed by atoms with Crippen LogP contribution in [0.1, 0.15) is 16.7 Å². The average Bonchev–Trinajstić information content (AvgIpc) is 2.96. The van der Waals surface area contributed by atoms with Crippen molar-refractivity contribution in [2.24, 2.45) is 0 Å². The van der Waals surface area contributed by atoms with Crippen LogP contribution in [0, 0.1) is 34.0 Å². The lowest BCUT2D eigenvalue weighted by atomic mass is 9.86. The molecule has 0 spiro atoms. The topological polar surface area (TPSA) is 115 Å². The minimum Gasteiger partial charge on any atom is -0.455 e. The smallest absolute Gasteiger partial charge is 0.264 e. The largest absolute Gasteiger partial charge is 0.455 e. The van der Waals surface area contributed by atoms with Crippen LogP contribution in [0.15, 0.2) is 71.5 Å². The Kier molecular flexibility index (Phi) is 3.64. The highest BCUT2D eigenvalue weighted by molar-refractivity contribution is 6.24. The minimum absolute atomic E-state index is 0.263. The highest BCUT2D eigenvalue weighted by Gasteiger charge is 2.30. The summed E-state index contributed by atoms with van der Waals surface area (Å²) in [6, 6.07) is 26.4. The molecule has 1 aliphatic heterocycles. The Balaban J connectivity index is 1.71. The van der Waals surface area contributed by atoms with Crippen molar-refractivity contribution in [2.75, 3.05) is 0 Å². The van der Waals surface area contributed by atoms with E-state index in [0.29, 0.717) is 55.1 Å². The first-order valence-electron chi connectivity index (χ1n) is 11.8. The molecule has 0 aliphatic carbocycles. The third-order valence-corrected chi connectivity index (χ3v) is 7.40. The third kappa shape index (κ3) is 2.29. The first-order valence-corrected chi connectivity index (χ1v) is 11.8. The van der Waals surface area contributed by atoms with Crippen LogP contribution in [-0.2, 0) is 0 Å². The molecular weight excluding hydrogens is 474 g/mol. The van der Waals surface area contributed by atoms with Gasteiger partial charge in [-0.15, -0.1) is 0 Å². The lowest BCUT2D eigenvalue weighted by Crippen LogP contribution is -2.18. The second kappa shape index (κ2) is 6.83. The van der Waals surface area contributed by atoms with Gasteiger partial charge in [-0.05, 0) is 47.9 Å². The van der Waals surface area contributed by atoms with Crippen molar-refractivity contribution < 1.29 is 4.74 Å². The summed E-state index contributed by atoms with van der Waals surface area (Å²) in [5.41, 5.74) is 3.58. The molecule has 0 atom stereocenters. The summed E-state index contributed by atoms with van der Waals surface area (Å²) >= 11 is 0. The van der Waals surface area contributed by atoms with E-state index in [1.165, 1.54) is 0 Å². The molecule has 172 valence electrons. The second-order valence-electron chi connectivity index (χ2n) is 9.27. The van der Waals surface area contributed by atoms with Crippen LogP contribution in [0.3, 0.4) is 0 Å². The average molecular weight is 485 g/mol. The SMILES string of the molecule is N#Cc1ccc2c(c1)-c1c(C#N)cc3c(=O)n4c5cccc6cccc(nc4c4cc(C#N)c(c1c34)O2)c65. The second-order valence-corrected chi connectivity index (χ2v) is 9.27. The van der Waals surface area contributed by atoms with Crippen molar-refractivity contribution >= 4 is 49.0 Å². The van der Waals surface area contributed by atoms with Crippen molar-refractivity contribution in [3.05, 3.63) is 93.8 Å². The zero-order valence-corrected chi connectivity index (χ0v) is 19.4. The highest BCUT2D eigenvalue weighted by atomic mass is 16.5. The van der Waals surface area contributed by atoms with E-state index in [0.717, 1.165) is 16.3 Å². The number of fused-ring (bicyclic) bond motifs is 5. The molecular formula is C31H11N5O2. The van der Waals surface area contributed by atoms with E-state index in [9.17, 15) is 20.6 Å². The normalized spacial score (nSPS) is 11.9. The summed E-state index contributed by atoms with van der Waals surface area (Å²) in [4.78, 5) is 19.1. The molecule has 5 aromatic carbocycles. The molecule has 38 heavy (non-hydrogen) atoms. The molecule has 7 nitrogen and oxygen atoms in total. The summed E-state index contributed by atoms with van der Waals surface area (Å²) in [7, 11) is 0. The number of aromatic nitrogens is 2. The van der Waals surface area contributed by atoms with E-state index < -0.39 is 0 Å². The van der Waals surface area contributed by atoms with Crippen molar-refractivity contribution in [3.63, 3.8) is 0 Å². The maximum absolute atomic E-state index is 14.2. The van der Waals surface area contributed by atoms with Crippen LogP contribution in [0.5, 0.6) is 11.5 Å². The van der Waals surface area contributed by atoms with Gasteiger partial charge in [0.15, 0.2) is 5.75 Å². The summed E-state index contributed by atoms with van der Waals surface area (Å²) in [5.74, 6) is 0.726. The molecule has 8 rings (SSSR count). The molecule has 0 unspecified atom stereocenters. The van der Waals surface area contributed by atoms with E-state index >= 15 is 0 Å². The van der Waals surface area contributed by atoms with Gasteiger partial charge in [-0.2, -0.15) is 15.8 Å². The monoisotopic (exact) mass is 485 g/mol. The number of nitrogens with zero attached hydrogens (tertiary/aromatic N) is 5. The molecule has 0 fully saturated rings. The molecule has 0 amide bonds.